The Morgan fingerprint density at radius 3 is 2.59 bits per heavy atom. The molecule has 0 aliphatic carbocycles. The van der Waals surface area contributed by atoms with Crippen molar-refractivity contribution in [3.05, 3.63) is 59.8 Å². The Morgan fingerprint density at radius 2 is 1.81 bits per heavy atom. The van der Waals surface area contributed by atoms with Gasteiger partial charge in [0.1, 0.15) is 6.61 Å². The summed E-state index contributed by atoms with van der Waals surface area (Å²) in [6.07, 6.45) is 2.12. The number of benzene rings is 2. The first-order valence-corrected chi connectivity index (χ1v) is 11.2. The normalized spacial score (nSPS) is 18.7. The molecule has 1 unspecified atom stereocenters. The topological polar surface area (TPSA) is 74.9 Å². The highest BCUT2D eigenvalue weighted by molar-refractivity contribution is 6.09. The molecule has 1 fully saturated rings. The molecule has 166 valence electrons. The van der Waals surface area contributed by atoms with E-state index < -0.39 is 6.10 Å². The number of para-hydroxylation sites is 3. The van der Waals surface area contributed by atoms with E-state index in [1.807, 2.05) is 47.5 Å². The average Bonchev–Trinajstić information content (AvgIpc) is 3.28. The Hall–Kier alpha value is -3.32. The number of rotatable bonds is 5. The van der Waals surface area contributed by atoms with Gasteiger partial charge >= 0.3 is 0 Å². The van der Waals surface area contributed by atoms with E-state index in [0.717, 1.165) is 22.9 Å². The van der Waals surface area contributed by atoms with Crippen LogP contribution in [0.3, 0.4) is 0 Å². The van der Waals surface area contributed by atoms with E-state index in [9.17, 15) is 9.59 Å². The molecule has 2 aliphatic heterocycles. The van der Waals surface area contributed by atoms with Crippen molar-refractivity contribution in [2.45, 2.75) is 19.4 Å². The molecule has 32 heavy (non-hydrogen) atoms. The van der Waals surface area contributed by atoms with Gasteiger partial charge in [-0.1, -0.05) is 37.3 Å². The number of hydrogen-bond donors (Lipinski definition) is 1. The molecule has 2 aromatic carbocycles. The predicted molar refractivity (Wildman–Crippen MR) is 121 cm³/mol. The van der Waals surface area contributed by atoms with Crippen molar-refractivity contribution in [1.82, 2.24) is 14.8 Å². The first kappa shape index (κ1) is 20.6. The number of amides is 1. The standard InChI is InChI=1S/C25H27N3O4/c1-2-17-6-5-7-18-19(14-26-24(17)18)20(29)15-27-10-12-28(13-11-27)25(30)23-16-31-21-8-3-4-9-22(21)32-23/h3-9,14,23,26H,2,10-13,15-16H2,1H3. The maximum absolute atomic E-state index is 13.0. The number of fused-ring (bicyclic) bond motifs is 2. The number of H-pyrrole nitrogens is 1. The Labute approximate surface area is 186 Å². The van der Waals surface area contributed by atoms with E-state index in [4.69, 9.17) is 9.47 Å². The Kier molecular flexibility index (Phi) is 5.57. The summed E-state index contributed by atoms with van der Waals surface area (Å²) < 4.78 is 11.5. The van der Waals surface area contributed by atoms with Crippen molar-refractivity contribution in [2.75, 3.05) is 39.3 Å². The van der Waals surface area contributed by atoms with Crippen LogP contribution in [0.25, 0.3) is 10.9 Å². The lowest BCUT2D eigenvalue weighted by Crippen LogP contribution is -2.54. The van der Waals surface area contributed by atoms with Crippen molar-refractivity contribution in [3.8, 4) is 11.5 Å². The zero-order chi connectivity index (χ0) is 22.1. The molecular weight excluding hydrogens is 406 g/mol. The van der Waals surface area contributed by atoms with Gasteiger partial charge in [-0.3, -0.25) is 14.5 Å². The Bertz CT molecular complexity index is 1150. The predicted octanol–water partition coefficient (Wildman–Crippen LogP) is 2.90. The van der Waals surface area contributed by atoms with E-state index in [1.54, 1.807) is 0 Å². The number of Topliss-reactive ketones (excluding diaryl/α,β-unsaturated/α-hetero) is 1. The number of piperazine rings is 1. The zero-order valence-electron chi connectivity index (χ0n) is 18.2. The van der Waals surface area contributed by atoms with Crippen LogP contribution in [0.5, 0.6) is 11.5 Å². The van der Waals surface area contributed by atoms with Crippen LogP contribution in [0.2, 0.25) is 0 Å². The molecule has 1 aromatic heterocycles. The second-order valence-corrected chi connectivity index (χ2v) is 8.28. The Balaban J connectivity index is 1.18. The molecule has 0 radical (unpaired) electrons. The molecule has 1 N–H and O–H groups in total. The molecule has 5 rings (SSSR count). The highest BCUT2D eigenvalue weighted by Gasteiger charge is 2.33. The zero-order valence-corrected chi connectivity index (χ0v) is 18.2. The first-order chi connectivity index (χ1) is 15.6. The number of carbonyl (C=O) groups excluding carboxylic acids is 2. The van der Waals surface area contributed by atoms with Gasteiger partial charge in [-0.05, 0) is 24.1 Å². The van der Waals surface area contributed by atoms with Crippen molar-refractivity contribution < 1.29 is 19.1 Å². The van der Waals surface area contributed by atoms with Gasteiger partial charge in [0.25, 0.3) is 5.91 Å². The minimum absolute atomic E-state index is 0.0609. The number of nitrogens with one attached hydrogen (secondary N) is 1. The second-order valence-electron chi connectivity index (χ2n) is 8.28. The minimum atomic E-state index is -0.628. The molecule has 1 amide bonds. The summed E-state index contributed by atoms with van der Waals surface area (Å²) in [5.74, 6) is 1.31. The molecule has 0 bridgehead atoms. The number of aromatic nitrogens is 1. The summed E-state index contributed by atoms with van der Waals surface area (Å²) in [6.45, 7) is 5.13. The van der Waals surface area contributed by atoms with Gasteiger partial charge in [-0.25, -0.2) is 0 Å². The van der Waals surface area contributed by atoms with Crippen LogP contribution >= 0.6 is 0 Å². The van der Waals surface area contributed by atoms with Gasteiger partial charge in [0.15, 0.2) is 17.3 Å². The Morgan fingerprint density at radius 1 is 1.03 bits per heavy atom. The quantitative estimate of drug-likeness (QED) is 0.627. The van der Waals surface area contributed by atoms with Crippen LogP contribution in [-0.2, 0) is 11.2 Å². The van der Waals surface area contributed by atoms with Crippen LogP contribution in [0.4, 0.5) is 0 Å². The summed E-state index contributed by atoms with van der Waals surface area (Å²) in [5.41, 5.74) is 3.00. The van der Waals surface area contributed by atoms with E-state index in [2.05, 4.69) is 22.9 Å². The summed E-state index contributed by atoms with van der Waals surface area (Å²) in [5, 5.41) is 0.984. The highest BCUT2D eigenvalue weighted by Crippen LogP contribution is 2.31. The maximum atomic E-state index is 13.0. The maximum Gasteiger partial charge on any atom is 0.267 e. The highest BCUT2D eigenvalue weighted by atomic mass is 16.6. The number of hydrogen-bond acceptors (Lipinski definition) is 5. The van der Waals surface area contributed by atoms with Gasteiger partial charge in [-0.15, -0.1) is 0 Å². The van der Waals surface area contributed by atoms with Crippen molar-refractivity contribution >= 4 is 22.6 Å². The first-order valence-electron chi connectivity index (χ1n) is 11.2. The molecule has 2 aliphatic rings. The van der Waals surface area contributed by atoms with Crippen LogP contribution in [-0.4, -0.2) is 71.9 Å². The average molecular weight is 434 g/mol. The molecule has 0 spiro atoms. The fourth-order valence-electron chi connectivity index (χ4n) is 4.50. The number of ether oxygens (including phenoxy) is 2. The van der Waals surface area contributed by atoms with E-state index in [1.165, 1.54) is 5.56 Å². The molecule has 3 aromatic rings. The molecule has 0 saturated carbocycles. The van der Waals surface area contributed by atoms with Gasteiger partial charge < -0.3 is 19.4 Å². The lowest BCUT2D eigenvalue weighted by atomic mass is 10.0. The van der Waals surface area contributed by atoms with Crippen LogP contribution in [0.15, 0.2) is 48.7 Å². The van der Waals surface area contributed by atoms with E-state index >= 15 is 0 Å². The van der Waals surface area contributed by atoms with E-state index in [0.29, 0.717) is 44.2 Å². The molecule has 1 atom stereocenters. The van der Waals surface area contributed by atoms with Crippen LogP contribution < -0.4 is 9.47 Å². The largest absolute Gasteiger partial charge is 0.485 e. The fraction of sp³-hybridized carbons (Fsp3) is 0.360. The monoisotopic (exact) mass is 433 g/mol. The van der Waals surface area contributed by atoms with Crippen molar-refractivity contribution in [2.24, 2.45) is 0 Å². The van der Waals surface area contributed by atoms with Crippen molar-refractivity contribution in [3.63, 3.8) is 0 Å². The molecule has 7 nitrogen and oxygen atoms in total. The second kappa shape index (κ2) is 8.67. The fourth-order valence-corrected chi connectivity index (χ4v) is 4.50. The number of carbonyl (C=O) groups is 2. The van der Waals surface area contributed by atoms with Gasteiger partial charge in [-0.2, -0.15) is 0 Å². The smallest absolute Gasteiger partial charge is 0.267 e. The molecule has 1 saturated heterocycles. The third kappa shape index (κ3) is 3.84. The van der Waals surface area contributed by atoms with Crippen LogP contribution in [0.1, 0.15) is 22.8 Å². The summed E-state index contributed by atoms with van der Waals surface area (Å²) in [7, 11) is 0. The minimum Gasteiger partial charge on any atom is -0.485 e. The molecular formula is C25H27N3O4. The SMILES string of the molecule is CCc1cccc2c(C(=O)CN3CCN(C(=O)C4COc5ccccc5O4)CC3)c[nH]c12. The van der Waals surface area contributed by atoms with Crippen LogP contribution in [0, 0.1) is 0 Å². The third-order valence-corrected chi connectivity index (χ3v) is 6.32. The lowest BCUT2D eigenvalue weighted by molar-refractivity contribution is -0.142. The summed E-state index contributed by atoms with van der Waals surface area (Å²) in [6, 6.07) is 13.5. The molecule has 7 heteroatoms. The molecule has 3 heterocycles. The van der Waals surface area contributed by atoms with Gasteiger partial charge in [0, 0.05) is 48.8 Å². The number of ketones is 1. The van der Waals surface area contributed by atoms with Gasteiger partial charge in [0.05, 0.1) is 6.54 Å². The van der Waals surface area contributed by atoms with Gasteiger partial charge in [0.2, 0.25) is 6.10 Å². The summed E-state index contributed by atoms with van der Waals surface area (Å²) >= 11 is 0. The number of aryl methyl sites for hydroxylation is 1. The summed E-state index contributed by atoms with van der Waals surface area (Å²) in [4.78, 5) is 33.1. The van der Waals surface area contributed by atoms with Crippen molar-refractivity contribution in [1.29, 1.82) is 0 Å². The number of nitrogens with zero attached hydrogens (tertiary/aromatic N) is 2. The number of aromatic amines is 1. The lowest BCUT2D eigenvalue weighted by Gasteiger charge is -2.36. The third-order valence-electron chi connectivity index (χ3n) is 6.32. The van der Waals surface area contributed by atoms with E-state index in [-0.39, 0.29) is 18.3 Å².